The second-order valence-corrected chi connectivity index (χ2v) is 4.56. The number of hydrogen-bond donors (Lipinski definition) is 0. The molecule has 2 rings (SSSR count). The van der Waals surface area contributed by atoms with Gasteiger partial charge in [0.25, 0.3) is 0 Å². The van der Waals surface area contributed by atoms with Crippen molar-refractivity contribution >= 4 is 11.7 Å². The Labute approximate surface area is 133 Å². The van der Waals surface area contributed by atoms with Crippen molar-refractivity contribution < 1.29 is 32.4 Å². The summed E-state index contributed by atoms with van der Waals surface area (Å²) in [6.45, 7) is 0. The summed E-state index contributed by atoms with van der Waals surface area (Å²) < 4.78 is 47.3. The molecule has 0 aromatic heterocycles. The Morgan fingerprint density at radius 3 is 2.25 bits per heavy atom. The van der Waals surface area contributed by atoms with Crippen LogP contribution in [0.25, 0.3) is 0 Å². The first kappa shape index (κ1) is 17.3. The fourth-order valence-corrected chi connectivity index (χ4v) is 1.83. The molecule has 0 radical (unpaired) electrons. The Bertz CT molecular complexity index is 772. The maximum Gasteiger partial charge on any atom is 0.416 e. The lowest BCUT2D eigenvalue weighted by molar-refractivity contribution is -0.385. The molecule has 0 saturated carbocycles. The van der Waals surface area contributed by atoms with Crippen LogP contribution in [0.3, 0.4) is 0 Å². The van der Waals surface area contributed by atoms with Crippen LogP contribution in [0.4, 0.5) is 18.9 Å². The highest BCUT2D eigenvalue weighted by Gasteiger charge is 2.30. The molecule has 0 amide bonds. The molecule has 0 aliphatic rings. The molecule has 0 spiro atoms. The maximum absolute atomic E-state index is 12.5. The second kappa shape index (κ2) is 6.57. The van der Waals surface area contributed by atoms with Crippen LogP contribution in [-0.2, 0) is 10.9 Å². The molecule has 0 aliphatic heterocycles. The highest BCUT2D eigenvalue weighted by Crippen LogP contribution is 2.34. The van der Waals surface area contributed by atoms with Gasteiger partial charge in [-0.05, 0) is 30.3 Å². The predicted molar refractivity (Wildman–Crippen MR) is 76.0 cm³/mol. The molecular weight excluding hydrogens is 331 g/mol. The lowest BCUT2D eigenvalue weighted by atomic mass is 10.2. The van der Waals surface area contributed by atoms with Gasteiger partial charge in [-0.3, -0.25) is 10.1 Å². The summed E-state index contributed by atoms with van der Waals surface area (Å²) in [5, 5.41) is 11.0. The van der Waals surface area contributed by atoms with Gasteiger partial charge in [0.15, 0.2) is 0 Å². The number of nitrogens with zero attached hydrogens (tertiary/aromatic N) is 1. The van der Waals surface area contributed by atoms with Gasteiger partial charge in [-0.25, -0.2) is 4.79 Å². The largest absolute Gasteiger partial charge is 0.465 e. The number of esters is 1. The van der Waals surface area contributed by atoms with E-state index in [4.69, 9.17) is 4.74 Å². The standard InChI is InChI=1S/C15H10F3NO5/c1-23-14(20)9-2-7-12(19(21)22)13(8-9)24-11-5-3-10(4-6-11)15(16,17)18/h2-8H,1H3. The van der Waals surface area contributed by atoms with E-state index < -0.39 is 28.3 Å². The summed E-state index contributed by atoms with van der Waals surface area (Å²) in [5.41, 5.74) is -1.32. The number of nitro groups is 1. The van der Waals surface area contributed by atoms with E-state index >= 15 is 0 Å². The predicted octanol–water partition coefficient (Wildman–Crippen LogP) is 4.19. The van der Waals surface area contributed by atoms with Crippen LogP contribution in [0.2, 0.25) is 0 Å². The molecule has 0 N–H and O–H groups in total. The highest BCUT2D eigenvalue weighted by molar-refractivity contribution is 5.90. The monoisotopic (exact) mass is 341 g/mol. The van der Waals surface area contributed by atoms with E-state index in [1.165, 1.54) is 6.07 Å². The first-order valence-electron chi connectivity index (χ1n) is 6.44. The van der Waals surface area contributed by atoms with Crippen LogP contribution in [0.5, 0.6) is 11.5 Å². The van der Waals surface area contributed by atoms with Gasteiger partial charge in [-0.15, -0.1) is 0 Å². The summed E-state index contributed by atoms with van der Waals surface area (Å²) in [5.74, 6) is -1.07. The minimum Gasteiger partial charge on any atom is -0.465 e. The SMILES string of the molecule is COC(=O)c1ccc([N+](=O)[O-])c(Oc2ccc(C(F)(F)F)cc2)c1. The van der Waals surface area contributed by atoms with Crippen molar-refractivity contribution in [2.75, 3.05) is 7.11 Å². The Morgan fingerprint density at radius 1 is 1.12 bits per heavy atom. The molecule has 0 unspecified atom stereocenters. The number of rotatable bonds is 4. The van der Waals surface area contributed by atoms with Crippen molar-refractivity contribution in [1.82, 2.24) is 0 Å². The van der Waals surface area contributed by atoms with Crippen molar-refractivity contribution in [3.05, 3.63) is 63.7 Å². The molecule has 24 heavy (non-hydrogen) atoms. The average molecular weight is 341 g/mol. The Hall–Kier alpha value is -3.10. The zero-order chi connectivity index (χ0) is 17.9. The molecule has 9 heteroatoms. The summed E-state index contributed by atoms with van der Waals surface area (Å²) >= 11 is 0. The number of nitro benzene ring substituents is 1. The minimum atomic E-state index is -4.50. The van der Waals surface area contributed by atoms with Gasteiger partial charge in [0.05, 0.1) is 23.2 Å². The Morgan fingerprint density at radius 2 is 1.75 bits per heavy atom. The number of halogens is 3. The van der Waals surface area contributed by atoms with Gasteiger partial charge in [0, 0.05) is 12.1 Å². The van der Waals surface area contributed by atoms with Crippen LogP contribution < -0.4 is 4.74 Å². The van der Waals surface area contributed by atoms with Crippen LogP contribution in [-0.4, -0.2) is 18.0 Å². The maximum atomic E-state index is 12.5. The van der Waals surface area contributed by atoms with E-state index in [9.17, 15) is 28.1 Å². The summed E-state index contributed by atoms with van der Waals surface area (Å²) in [4.78, 5) is 21.8. The normalized spacial score (nSPS) is 11.0. The third-order valence-corrected chi connectivity index (χ3v) is 2.99. The van der Waals surface area contributed by atoms with Gasteiger partial charge >= 0.3 is 17.8 Å². The van der Waals surface area contributed by atoms with Crippen molar-refractivity contribution in [3.63, 3.8) is 0 Å². The summed E-state index contributed by atoms with van der Waals surface area (Å²) in [6, 6.07) is 6.93. The first-order chi connectivity index (χ1) is 11.2. The number of methoxy groups -OCH3 is 1. The topological polar surface area (TPSA) is 78.7 Å². The molecule has 126 valence electrons. The highest BCUT2D eigenvalue weighted by atomic mass is 19.4. The van der Waals surface area contributed by atoms with E-state index in [0.717, 1.165) is 43.5 Å². The van der Waals surface area contributed by atoms with Crippen LogP contribution in [0.15, 0.2) is 42.5 Å². The van der Waals surface area contributed by atoms with E-state index in [1.54, 1.807) is 0 Å². The zero-order valence-electron chi connectivity index (χ0n) is 12.2. The van der Waals surface area contributed by atoms with Crippen molar-refractivity contribution in [1.29, 1.82) is 0 Å². The number of ether oxygens (including phenoxy) is 2. The van der Waals surface area contributed by atoms with E-state index in [0.29, 0.717) is 0 Å². The van der Waals surface area contributed by atoms with E-state index in [2.05, 4.69) is 4.74 Å². The van der Waals surface area contributed by atoms with E-state index in [-0.39, 0.29) is 17.1 Å². The lowest BCUT2D eigenvalue weighted by Gasteiger charge is -2.10. The van der Waals surface area contributed by atoms with Crippen LogP contribution >= 0.6 is 0 Å². The molecule has 0 atom stereocenters. The Kier molecular flexibility index (Phi) is 4.72. The fourth-order valence-electron chi connectivity index (χ4n) is 1.83. The van der Waals surface area contributed by atoms with Gasteiger partial charge in [0.1, 0.15) is 5.75 Å². The molecule has 0 heterocycles. The molecule has 0 saturated heterocycles. The fraction of sp³-hybridized carbons (Fsp3) is 0.133. The molecule has 0 fully saturated rings. The number of hydrogen-bond acceptors (Lipinski definition) is 5. The third kappa shape index (κ3) is 3.80. The molecule has 0 bridgehead atoms. The van der Waals surface area contributed by atoms with Gasteiger partial charge < -0.3 is 9.47 Å². The van der Waals surface area contributed by atoms with Gasteiger partial charge in [-0.2, -0.15) is 13.2 Å². The number of carbonyl (C=O) groups is 1. The van der Waals surface area contributed by atoms with Gasteiger partial charge in [0.2, 0.25) is 5.75 Å². The average Bonchev–Trinajstić information content (AvgIpc) is 2.53. The first-order valence-corrected chi connectivity index (χ1v) is 6.44. The van der Waals surface area contributed by atoms with Crippen molar-refractivity contribution in [2.24, 2.45) is 0 Å². The molecule has 2 aromatic rings. The van der Waals surface area contributed by atoms with Crippen molar-refractivity contribution in [2.45, 2.75) is 6.18 Å². The van der Waals surface area contributed by atoms with Crippen molar-refractivity contribution in [3.8, 4) is 11.5 Å². The number of carbonyl (C=O) groups excluding carboxylic acids is 1. The van der Waals surface area contributed by atoms with Gasteiger partial charge in [-0.1, -0.05) is 0 Å². The molecular formula is C15H10F3NO5. The third-order valence-electron chi connectivity index (χ3n) is 2.99. The quantitative estimate of drug-likeness (QED) is 0.473. The number of benzene rings is 2. The van der Waals surface area contributed by atoms with E-state index in [1.807, 2.05) is 0 Å². The number of alkyl halides is 3. The van der Waals surface area contributed by atoms with Crippen LogP contribution in [0.1, 0.15) is 15.9 Å². The summed E-state index contributed by atoms with van der Waals surface area (Å²) in [7, 11) is 1.14. The summed E-state index contributed by atoms with van der Waals surface area (Å²) in [6.07, 6.45) is -4.50. The molecule has 6 nitrogen and oxygen atoms in total. The van der Waals surface area contributed by atoms with Crippen LogP contribution in [0, 0.1) is 10.1 Å². The second-order valence-electron chi connectivity index (χ2n) is 4.56. The molecule has 2 aromatic carbocycles. The molecule has 0 aliphatic carbocycles. The Balaban J connectivity index is 2.36. The minimum absolute atomic E-state index is 0.00464. The lowest BCUT2D eigenvalue weighted by Crippen LogP contribution is -2.04. The zero-order valence-corrected chi connectivity index (χ0v) is 12.2. The smallest absolute Gasteiger partial charge is 0.416 e.